The molecule has 0 unspecified atom stereocenters. The molecule has 4 heterocycles. The van der Waals surface area contributed by atoms with Crippen molar-refractivity contribution < 1.29 is 9.53 Å². The van der Waals surface area contributed by atoms with Crippen LogP contribution in [-0.2, 0) is 13.5 Å². The quantitative estimate of drug-likeness (QED) is 0.690. The summed E-state index contributed by atoms with van der Waals surface area (Å²) >= 11 is 0. The highest BCUT2D eigenvalue weighted by molar-refractivity contribution is 6.05. The van der Waals surface area contributed by atoms with Crippen LogP contribution >= 0.6 is 0 Å². The van der Waals surface area contributed by atoms with Crippen molar-refractivity contribution in [3.05, 3.63) is 36.2 Å². The monoisotopic (exact) mass is 407 g/mol. The van der Waals surface area contributed by atoms with Gasteiger partial charge in [-0.15, -0.1) is 0 Å². The molecule has 2 aliphatic rings. The van der Waals surface area contributed by atoms with Crippen molar-refractivity contribution in [3.63, 3.8) is 0 Å². The molecule has 1 saturated heterocycles. The fraction of sp³-hybridized carbons (Fsp3) is 0.381. The van der Waals surface area contributed by atoms with Crippen molar-refractivity contribution in [1.29, 1.82) is 0 Å². The Kier molecular flexibility index (Phi) is 4.66. The number of nitrogens with one attached hydrogen (secondary N) is 2. The van der Waals surface area contributed by atoms with Crippen molar-refractivity contribution >= 4 is 34.1 Å². The van der Waals surface area contributed by atoms with E-state index in [-0.39, 0.29) is 6.03 Å². The Morgan fingerprint density at radius 2 is 2.03 bits per heavy atom. The molecule has 9 nitrogen and oxygen atoms in total. The molecule has 9 heteroatoms. The molecule has 0 atom stereocenters. The molecule has 0 aliphatic carbocycles. The topological polar surface area (TPSA) is 87.6 Å². The molecule has 0 bridgehead atoms. The highest BCUT2D eigenvalue weighted by Crippen LogP contribution is 2.36. The van der Waals surface area contributed by atoms with E-state index in [1.165, 1.54) is 5.69 Å². The molecule has 1 aromatic carbocycles. The maximum absolute atomic E-state index is 13.1. The Morgan fingerprint density at radius 1 is 1.20 bits per heavy atom. The standard InChI is InChI=1S/C21H25N7O2/c1-26-13-15-16(25-26)3-4-17(19(15)30-2)24-21(29)28-10-6-14-18(5-7-23-20(14)28)27-11-8-22-9-12-27/h3-5,7,13,22H,6,8-12H2,1-2H3,(H,24,29). The van der Waals surface area contributed by atoms with Crippen molar-refractivity contribution in [2.75, 3.05) is 55.0 Å². The zero-order valence-corrected chi connectivity index (χ0v) is 17.2. The number of aryl methyl sites for hydroxylation is 1. The Hall–Kier alpha value is -3.33. The van der Waals surface area contributed by atoms with E-state index < -0.39 is 0 Å². The molecule has 5 rings (SSSR count). The van der Waals surface area contributed by atoms with Crippen LogP contribution in [-0.4, -0.2) is 60.6 Å². The number of hydrogen-bond donors (Lipinski definition) is 2. The van der Waals surface area contributed by atoms with E-state index in [0.29, 0.717) is 18.0 Å². The van der Waals surface area contributed by atoms with Gasteiger partial charge >= 0.3 is 6.03 Å². The summed E-state index contributed by atoms with van der Waals surface area (Å²) in [6, 6.07) is 5.56. The molecule has 3 aromatic rings. The van der Waals surface area contributed by atoms with Crippen molar-refractivity contribution in [1.82, 2.24) is 20.1 Å². The number of benzene rings is 1. The van der Waals surface area contributed by atoms with Crippen LogP contribution in [0, 0.1) is 0 Å². The predicted octanol–water partition coefficient (Wildman–Crippen LogP) is 1.98. The van der Waals surface area contributed by atoms with Crippen molar-refractivity contribution in [2.24, 2.45) is 7.05 Å². The zero-order chi connectivity index (χ0) is 20.7. The zero-order valence-electron chi connectivity index (χ0n) is 17.2. The Balaban J connectivity index is 1.42. The third-order valence-electron chi connectivity index (χ3n) is 5.75. The summed E-state index contributed by atoms with van der Waals surface area (Å²) < 4.78 is 7.32. The third kappa shape index (κ3) is 3.11. The second-order valence-electron chi connectivity index (χ2n) is 7.58. The van der Waals surface area contributed by atoms with Crippen LogP contribution in [0.1, 0.15) is 5.56 Å². The highest BCUT2D eigenvalue weighted by Gasteiger charge is 2.30. The summed E-state index contributed by atoms with van der Waals surface area (Å²) in [5, 5.41) is 11.6. The van der Waals surface area contributed by atoms with Crippen LogP contribution < -0.4 is 25.2 Å². The fourth-order valence-corrected chi connectivity index (χ4v) is 4.36. The summed E-state index contributed by atoms with van der Waals surface area (Å²) in [7, 11) is 3.46. The first-order valence-electron chi connectivity index (χ1n) is 10.2. The van der Waals surface area contributed by atoms with E-state index >= 15 is 0 Å². The number of piperazine rings is 1. The normalized spacial score (nSPS) is 16.1. The van der Waals surface area contributed by atoms with Crippen LogP contribution in [0.5, 0.6) is 5.75 Å². The van der Waals surface area contributed by atoms with Crippen molar-refractivity contribution in [2.45, 2.75) is 6.42 Å². The van der Waals surface area contributed by atoms with Gasteiger partial charge in [0.1, 0.15) is 5.82 Å². The first kappa shape index (κ1) is 18.7. The summed E-state index contributed by atoms with van der Waals surface area (Å²) in [6.07, 6.45) is 4.48. The number of hydrogen-bond acceptors (Lipinski definition) is 6. The number of carbonyl (C=O) groups excluding carboxylic acids is 1. The molecular weight excluding hydrogens is 382 g/mol. The van der Waals surface area contributed by atoms with Gasteiger partial charge in [-0.05, 0) is 24.6 Å². The maximum atomic E-state index is 13.1. The minimum Gasteiger partial charge on any atom is -0.494 e. The van der Waals surface area contributed by atoms with E-state index in [2.05, 4.69) is 31.7 Å². The van der Waals surface area contributed by atoms with Gasteiger partial charge in [-0.25, -0.2) is 9.78 Å². The summed E-state index contributed by atoms with van der Waals surface area (Å²) in [4.78, 5) is 21.8. The molecule has 2 aromatic heterocycles. The summed E-state index contributed by atoms with van der Waals surface area (Å²) in [5.74, 6) is 1.35. The van der Waals surface area contributed by atoms with Crippen molar-refractivity contribution in [3.8, 4) is 5.75 Å². The molecule has 156 valence electrons. The van der Waals surface area contributed by atoms with E-state index in [9.17, 15) is 4.79 Å². The molecule has 2 N–H and O–H groups in total. The number of ether oxygens (including phenoxy) is 1. The number of pyridine rings is 1. The highest BCUT2D eigenvalue weighted by atomic mass is 16.5. The molecule has 2 aliphatic heterocycles. The number of aromatic nitrogens is 3. The summed E-state index contributed by atoms with van der Waals surface area (Å²) in [5.41, 5.74) is 3.77. The number of rotatable bonds is 3. The van der Waals surface area contributed by atoms with Gasteiger partial charge in [-0.3, -0.25) is 9.58 Å². The smallest absolute Gasteiger partial charge is 0.327 e. The van der Waals surface area contributed by atoms with E-state index in [4.69, 9.17) is 4.74 Å². The van der Waals surface area contributed by atoms with E-state index in [0.717, 1.165) is 54.9 Å². The van der Waals surface area contributed by atoms with E-state index in [1.54, 1.807) is 22.9 Å². The number of carbonyl (C=O) groups is 1. The SMILES string of the molecule is COc1c(NC(=O)N2CCc3c(N4CCNCC4)ccnc32)ccc2nn(C)cc12. The predicted molar refractivity (Wildman–Crippen MR) is 117 cm³/mol. The minimum absolute atomic E-state index is 0.208. The van der Waals surface area contributed by atoms with Gasteiger partial charge in [0.05, 0.1) is 23.7 Å². The number of urea groups is 1. The van der Waals surface area contributed by atoms with Crippen LogP contribution in [0.4, 0.5) is 22.0 Å². The molecule has 1 fully saturated rings. The molecule has 30 heavy (non-hydrogen) atoms. The van der Waals surface area contributed by atoms with Crippen LogP contribution in [0.2, 0.25) is 0 Å². The fourth-order valence-electron chi connectivity index (χ4n) is 4.36. The minimum atomic E-state index is -0.208. The first-order chi connectivity index (χ1) is 14.7. The Morgan fingerprint density at radius 3 is 2.83 bits per heavy atom. The van der Waals surface area contributed by atoms with Crippen LogP contribution in [0.25, 0.3) is 10.9 Å². The van der Waals surface area contributed by atoms with Gasteiger partial charge in [0, 0.05) is 63.4 Å². The molecule has 0 radical (unpaired) electrons. The lowest BCUT2D eigenvalue weighted by Gasteiger charge is -2.31. The second-order valence-corrected chi connectivity index (χ2v) is 7.58. The average molecular weight is 407 g/mol. The van der Waals surface area contributed by atoms with Gasteiger partial charge in [-0.2, -0.15) is 5.10 Å². The number of methoxy groups -OCH3 is 1. The number of amides is 2. The van der Waals surface area contributed by atoms with Gasteiger partial charge < -0.3 is 20.3 Å². The lowest BCUT2D eigenvalue weighted by Crippen LogP contribution is -2.43. The lowest BCUT2D eigenvalue weighted by molar-refractivity contribution is 0.257. The summed E-state index contributed by atoms with van der Waals surface area (Å²) in [6.45, 7) is 4.47. The number of fused-ring (bicyclic) bond motifs is 2. The van der Waals surface area contributed by atoms with Crippen LogP contribution in [0.3, 0.4) is 0 Å². The van der Waals surface area contributed by atoms with Gasteiger partial charge in [0.2, 0.25) is 0 Å². The molecule has 0 spiro atoms. The van der Waals surface area contributed by atoms with Gasteiger partial charge in [0.25, 0.3) is 0 Å². The number of nitrogens with zero attached hydrogens (tertiary/aromatic N) is 5. The molecular formula is C21H25N7O2. The number of anilines is 3. The lowest BCUT2D eigenvalue weighted by atomic mass is 10.1. The molecule has 2 amide bonds. The largest absolute Gasteiger partial charge is 0.494 e. The van der Waals surface area contributed by atoms with E-state index in [1.807, 2.05) is 25.4 Å². The molecule has 0 saturated carbocycles. The van der Waals surface area contributed by atoms with Crippen LogP contribution in [0.15, 0.2) is 30.6 Å². The average Bonchev–Trinajstić information content (AvgIpc) is 3.37. The Bertz CT molecular complexity index is 1100. The Labute approximate surface area is 174 Å². The third-order valence-corrected chi connectivity index (χ3v) is 5.75. The second kappa shape index (κ2) is 7.49. The van der Waals surface area contributed by atoms with Gasteiger partial charge in [-0.1, -0.05) is 0 Å². The van der Waals surface area contributed by atoms with Gasteiger partial charge in [0.15, 0.2) is 5.75 Å². The maximum Gasteiger partial charge on any atom is 0.327 e. The first-order valence-corrected chi connectivity index (χ1v) is 10.2.